The second-order valence-corrected chi connectivity index (χ2v) is 6.83. The van der Waals surface area contributed by atoms with Crippen LogP contribution in [0.3, 0.4) is 0 Å². The predicted octanol–water partition coefficient (Wildman–Crippen LogP) is 4.01. The molecule has 0 fully saturated rings. The molecule has 0 aliphatic carbocycles. The predicted molar refractivity (Wildman–Crippen MR) is 90.0 cm³/mol. The van der Waals surface area contributed by atoms with Crippen LogP contribution in [0.5, 0.6) is 0 Å². The molecule has 1 amide bonds. The number of carbonyl (C=O) groups is 1. The Bertz CT molecular complexity index is 525. The van der Waals surface area contributed by atoms with Gasteiger partial charge in [-0.2, -0.15) is 11.8 Å². The maximum absolute atomic E-state index is 12.3. The van der Waals surface area contributed by atoms with Crippen molar-refractivity contribution in [2.45, 2.75) is 31.4 Å². The Morgan fingerprint density at radius 3 is 2.52 bits per heavy atom. The van der Waals surface area contributed by atoms with Gasteiger partial charge in [-0.05, 0) is 41.1 Å². The summed E-state index contributed by atoms with van der Waals surface area (Å²) in [7, 11) is 0. The van der Waals surface area contributed by atoms with E-state index in [0.717, 1.165) is 12.8 Å². The molecule has 1 rings (SSSR count). The van der Waals surface area contributed by atoms with Crippen molar-refractivity contribution in [1.29, 1.82) is 0 Å². The first-order valence-corrected chi connectivity index (χ1v) is 8.68. The molecule has 1 aromatic rings. The van der Waals surface area contributed by atoms with Crippen LogP contribution in [0.4, 0.5) is 5.69 Å². The van der Waals surface area contributed by atoms with E-state index in [9.17, 15) is 14.9 Å². The highest BCUT2D eigenvalue weighted by Gasteiger charge is 2.26. The van der Waals surface area contributed by atoms with Gasteiger partial charge in [-0.3, -0.25) is 14.9 Å². The van der Waals surface area contributed by atoms with Crippen LogP contribution < -0.4 is 5.32 Å². The van der Waals surface area contributed by atoms with Crippen molar-refractivity contribution in [2.24, 2.45) is 0 Å². The van der Waals surface area contributed by atoms with Crippen molar-refractivity contribution in [3.05, 3.63) is 38.3 Å². The summed E-state index contributed by atoms with van der Waals surface area (Å²) < 4.78 is 0.552. The van der Waals surface area contributed by atoms with Crippen molar-refractivity contribution >= 4 is 39.3 Å². The molecule has 116 valence electrons. The Labute approximate surface area is 137 Å². The average molecular weight is 375 g/mol. The molecule has 21 heavy (non-hydrogen) atoms. The van der Waals surface area contributed by atoms with Crippen LogP contribution in [0.25, 0.3) is 0 Å². The Morgan fingerprint density at radius 1 is 1.43 bits per heavy atom. The fourth-order valence-corrected chi connectivity index (χ4v) is 3.22. The molecular formula is C14H19BrN2O3S. The summed E-state index contributed by atoms with van der Waals surface area (Å²) in [4.78, 5) is 22.6. The first kappa shape index (κ1) is 18.0. The highest BCUT2D eigenvalue weighted by atomic mass is 79.9. The number of hydrogen-bond acceptors (Lipinski definition) is 4. The molecule has 0 bridgehead atoms. The van der Waals surface area contributed by atoms with Crippen LogP contribution in [0, 0.1) is 10.1 Å². The van der Waals surface area contributed by atoms with Crippen LogP contribution in [-0.2, 0) is 0 Å². The van der Waals surface area contributed by atoms with Crippen LogP contribution in [0.15, 0.2) is 22.7 Å². The average Bonchev–Trinajstić information content (AvgIpc) is 2.49. The number of halogens is 1. The SMILES string of the molecule is CCC(CC)(CNC(=O)c1cc([N+](=O)[O-])ccc1Br)SC. The first-order chi connectivity index (χ1) is 9.89. The summed E-state index contributed by atoms with van der Waals surface area (Å²) in [6, 6.07) is 4.18. The molecule has 0 aliphatic rings. The second-order valence-electron chi connectivity index (χ2n) is 4.70. The van der Waals surface area contributed by atoms with Gasteiger partial charge in [0.05, 0.1) is 10.5 Å². The summed E-state index contributed by atoms with van der Waals surface area (Å²) in [6.07, 6.45) is 3.92. The number of thioether (sulfide) groups is 1. The van der Waals surface area contributed by atoms with Gasteiger partial charge < -0.3 is 5.32 Å². The maximum Gasteiger partial charge on any atom is 0.270 e. The van der Waals surface area contributed by atoms with E-state index in [0.29, 0.717) is 11.0 Å². The molecule has 0 unspecified atom stereocenters. The number of benzene rings is 1. The molecule has 0 spiro atoms. The van der Waals surface area contributed by atoms with E-state index in [-0.39, 0.29) is 21.9 Å². The lowest BCUT2D eigenvalue weighted by molar-refractivity contribution is -0.384. The number of non-ortho nitro benzene ring substituents is 1. The molecule has 0 heterocycles. The Hall–Kier alpha value is -1.08. The van der Waals surface area contributed by atoms with E-state index in [1.807, 2.05) is 6.26 Å². The van der Waals surface area contributed by atoms with Gasteiger partial charge in [0.1, 0.15) is 0 Å². The molecule has 1 aromatic carbocycles. The van der Waals surface area contributed by atoms with E-state index in [2.05, 4.69) is 35.1 Å². The van der Waals surface area contributed by atoms with E-state index < -0.39 is 4.92 Å². The van der Waals surface area contributed by atoms with Gasteiger partial charge in [-0.25, -0.2) is 0 Å². The molecule has 0 saturated heterocycles. The lowest BCUT2D eigenvalue weighted by Crippen LogP contribution is -2.39. The van der Waals surface area contributed by atoms with Gasteiger partial charge in [0.2, 0.25) is 0 Å². The summed E-state index contributed by atoms with van der Waals surface area (Å²) in [5.74, 6) is -0.300. The van der Waals surface area contributed by atoms with Gasteiger partial charge in [0, 0.05) is 27.9 Å². The monoisotopic (exact) mass is 374 g/mol. The zero-order valence-corrected chi connectivity index (χ0v) is 14.7. The third-order valence-electron chi connectivity index (χ3n) is 3.70. The zero-order chi connectivity index (χ0) is 16.0. The van der Waals surface area contributed by atoms with Crippen molar-refractivity contribution in [3.8, 4) is 0 Å². The molecule has 7 heteroatoms. The number of carbonyl (C=O) groups excluding carboxylic acids is 1. The molecular weight excluding hydrogens is 356 g/mol. The van der Waals surface area contributed by atoms with E-state index >= 15 is 0 Å². The topological polar surface area (TPSA) is 72.2 Å². The van der Waals surface area contributed by atoms with Crippen LogP contribution in [0.2, 0.25) is 0 Å². The smallest absolute Gasteiger partial charge is 0.270 e. The fourth-order valence-electron chi connectivity index (χ4n) is 2.00. The number of rotatable bonds is 7. The van der Waals surface area contributed by atoms with E-state index in [1.165, 1.54) is 18.2 Å². The summed E-state index contributed by atoms with van der Waals surface area (Å²) in [5, 5.41) is 13.7. The Morgan fingerprint density at radius 2 is 2.05 bits per heavy atom. The lowest BCUT2D eigenvalue weighted by atomic mass is 10.0. The molecule has 0 aliphatic heterocycles. The summed E-state index contributed by atoms with van der Waals surface area (Å²) in [5.41, 5.74) is 0.192. The van der Waals surface area contributed by atoms with E-state index in [1.54, 1.807) is 11.8 Å². The van der Waals surface area contributed by atoms with Crippen molar-refractivity contribution in [3.63, 3.8) is 0 Å². The largest absolute Gasteiger partial charge is 0.351 e. The van der Waals surface area contributed by atoms with Crippen molar-refractivity contribution in [1.82, 2.24) is 5.32 Å². The zero-order valence-electron chi connectivity index (χ0n) is 12.3. The number of amides is 1. The van der Waals surface area contributed by atoms with Crippen LogP contribution in [0.1, 0.15) is 37.0 Å². The standard InChI is InChI=1S/C14H19BrN2O3S/c1-4-14(5-2,21-3)9-16-13(18)11-8-10(17(19)20)6-7-12(11)15/h6-8H,4-5,9H2,1-3H3,(H,16,18). The number of nitrogens with one attached hydrogen (secondary N) is 1. The number of nitro benzene ring substituents is 1. The van der Waals surface area contributed by atoms with Crippen molar-refractivity contribution < 1.29 is 9.72 Å². The number of nitro groups is 1. The fraction of sp³-hybridized carbons (Fsp3) is 0.500. The molecule has 0 aromatic heterocycles. The first-order valence-electron chi connectivity index (χ1n) is 6.66. The lowest BCUT2D eigenvalue weighted by Gasteiger charge is -2.29. The molecule has 0 saturated carbocycles. The highest BCUT2D eigenvalue weighted by molar-refractivity contribution is 9.10. The highest BCUT2D eigenvalue weighted by Crippen LogP contribution is 2.30. The van der Waals surface area contributed by atoms with Crippen LogP contribution in [-0.4, -0.2) is 28.4 Å². The third-order valence-corrected chi connectivity index (χ3v) is 5.98. The Kier molecular flexibility index (Phi) is 6.67. The summed E-state index contributed by atoms with van der Waals surface area (Å²) >= 11 is 5.00. The number of nitrogens with zero attached hydrogens (tertiary/aromatic N) is 1. The second kappa shape index (κ2) is 7.79. The third kappa shape index (κ3) is 4.44. The number of hydrogen-bond donors (Lipinski definition) is 1. The minimum atomic E-state index is -0.506. The Balaban J connectivity index is 2.89. The van der Waals surface area contributed by atoms with Gasteiger partial charge in [0.25, 0.3) is 11.6 Å². The molecule has 1 N–H and O–H groups in total. The molecule has 0 atom stereocenters. The summed E-state index contributed by atoms with van der Waals surface area (Å²) in [6.45, 7) is 4.72. The van der Waals surface area contributed by atoms with Crippen LogP contribution >= 0.6 is 27.7 Å². The minimum absolute atomic E-state index is 0.00283. The van der Waals surface area contributed by atoms with E-state index in [4.69, 9.17) is 0 Å². The van der Waals surface area contributed by atoms with Crippen molar-refractivity contribution in [2.75, 3.05) is 12.8 Å². The normalized spacial score (nSPS) is 11.2. The quantitative estimate of drug-likeness (QED) is 0.577. The van der Waals surface area contributed by atoms with Gasteiger partial charge in [0.15, 0.2) is 0 Å². The minimum Gasteiger partial charge on any atom is -0.351 e. The van der Waals surface area contributed by atoms with Gasteiger partial charge in [-0.15, -0.1) is 0 Å². The van der Waals surface area contributed by atoms with Gasteiger partial charge in [-0.1, -0.05) is 13.8 Å². The van der Waals surface area contributed by atoms with Gasteiger partial charge >= 0.3 is 0 Å². The maximum atomic E-state index is 12.3. The molecule has 0 radical (unpaired) electrons. The molecule has 5 nitrogen and oxygen atoms in total.